The van der Waals surface area contributed by atoms with E-state index in [1.165, 1.54) is 12.1 Å². The first-order valence-corrected chi connectivity index (χ1v) is 7.35. The Hall–Kier alpha value is -1.56. The van der Waals surface area contributed by atoms with Gasteiger partial charge in [-0.15, -0.1) is 0 Å². The highest BCUT2D eigenvalue weighted by Crippen LogP contribution is 2.32. The molecule has 0 radical (unpaired) electrons. The Balaban J connectivity index is 3.22. The van der Waals surface area contributed by atoms with E-state index in [2.05, 4.69) is 0 Å². The van der Waals surface area contributed by atoms with Crippen LogP contribution in [0.2, 0.25) is 0 Å². The maximum Gasteiger partial charge on any atom is 0.311 e. The predicted molar refractivity (Wildman–Crippen MR) is 76.1 cm³/mol. The maximum atomic E-state index is 12.3. The first-order valence-electron chi connectivity index (χ1n) is 5.96. The average molecular weight is 283 g/mol. The number of nitro groups is 1. The minimum absolute atomic E-state index is 0.0768. The van der Waals surface area contributed by atoms with E-state index in [1.54, 1.807) is 24.8 Å². The lowest BCUT2D eigenvalue weighted by Crippen LogP contribution is -2.15. The SMILES string of the molecule is CCOc1c(C(=O)C(C)CSC)cccc1[N+](=O)[O-]. The zero-order valence-electron chi connectivity index (χ0n) is 11.2. The second kappa shape index (κ2) is 7.13. The molecule has 19 heavy (non-hydrogen) atoms. The Labute approximate surface area is 116 Å². The fourth-order valence-electron chi connectivity index (χ4n) is 1.75. The molecule has 0 heterocycles. The molecule has 1 rings (SSSR count). The van der Waals surface area contributed by atoms with Crippen LogP contribution in [0.1, 0.15) is 24.2 Å². The summed E-state index contributed by atoms with van der Waals surface area (Å²) in [6.45, 7) is 3.83. The highest BCUT2D eigenvalue weighted by Gasteiger charge is 2.25. The van der Waals surface area contributed by atoms with Crippen LogP contribution in [0.25, 0.3) is 0 Å². The Bertz CT molecular complexity index is 476. The molecule has 1 atom stereocenters. The molecule has 0 N–H and O–H groups in total. The number of benzene rings is 1. The smallest absolute Gasteiger partial charge is 0.311 e. The van der Waals surface area contributed by atoms with Crippen LogP contribution < -0.4 is 4.74 Å². The van der Waals surface area contributed by atoms with E-state index in [0.717, 1.165) is 0 Å². The van der Waals surface area contributed by atoms with Gasteiger partial charge < -0.3 is 4.74 Å². The van der Waals surface area contributed by atoms with Crippen molar-refractivity contribution in [1.82, 2.24) is 0 Å². The van der Waals surface area contributed by atoms with E-state index >= 15 is 0 Å². The van der Waals surface area contributed by atoms with Crippen LogP contribution in [0, 0.1) is 16.0 Å². The van der Waals surface area contributed by atoms with Crippen molar-refractivity contribution in [2.24, 2.45) is 5.92 Å². The van der Waals surface area contributed by atoms with Gasteiger partial charge in [-0.05, 0) is 19.2 Å². The summed E-state index contributed by atoms with van der Waals surface area (Å²) < 4.78 is 5.31. The van der Waals surface area contributed by atoms with E-state index in [4.69, 9.17) is 4.74 Å². The minimum Gasteiger partial charge on any atom is -0.487 e. The first-order chi connectivity index (χ1) is 9.02. The van der Waals surface area contributed by atoms with Gasteiger partial charge in [0.25, 0.3) is 0 Å². The number of rotatable bonds is 7. The molecule has 0 amide bonds. The standard InChI is InChI=1S/C13H17NO4S/c1-4-18-13-10(12(15)9(2)8-19-3)6-5-7-11(13)14(16)17/h5-7,9H,4,8H2,1-3H3. The van der Waals surface area contributed by atoms with Gasteiger partial charge in [-0.2, -0.15) is 11.8 Å². The Morgan fingerprint density at radius 2 is 2.21 bits per heavy atom. The minimum atomic E-state index is -0.527. The maximum absolute atomic E-state index is 12.3. The molecular formula is C13H17NO4S. The van der Waals surface area contributed by atoms with Gasteiger partial charge in [-0.25, -0.2) is 0 Å². The molecule has 1 aromatic rings. The van der Waals surface area contributed by atoms with Gasteiger partial charge in [0, 0.05) is 17.7 Å². The Kier molecular flexibility index (Phi) is 5.82. The molecule has 0 aliphatic heterocycles. The fourth-order valence-corrected chi connectivity index (χ4v) is 2.40. The lowest BCUT2D eigenvalue weighted by Gasteiger charge is -2.13. The quantitative estimate of drug-likeness (QED) is 0.436. The van der Waals surface area contributed by atoms with Crippen molar-refractivity contribution >= 4 is 23.2 Å². The largest absolute Gasteiger partial charge is 0.487 e. The number of Topliss-reactive ketones (excluding diaryl/α,β-unsaturated/α-hetero) is 1. The first kappa shape index (κ1) is 15.5. The number of hydrogen-bond acceptors (Lipinski definition) is 5. The number of thioether (sulfide) groups is 1. The van der Waals surface area contributed by atoms with E-state index in [1.807, 2.05) is 13.2 Å². The van der Waals surface area contributed by atoms with E-state index in [0.29, 0.717) is 5.75 Å². The highest BCUT2D eigenvalue weighted by atomic mass is 32.2. The highest BCUT2D eigenvalue weighted by molar-refractivity contribution is 7.98. The molecule has 0 aliphatic carbocycles. The van der Waals surface area contributed by atoms with Gasteiger partial charge in [-0.1, -0.05) is 13.0 Å². The molecule has 0 aromatic heterocycles. The summed E-state index contributed by atoms with van der Waals surface area (Å²) in [4.78, 5) is 22.7. The zero-order valence-corrected chi connectivity index (χ0v) is 12.0. The number of ether oxygens (including phenoxy) is 1. The van der Waals surface area contributed by atoms with Crippen molar-refractivity contribution in [3.05, 3.63) is 33.9 Å². The molecule has 0 fully saturated rings. The van der Waals surface area contributed by atoms with Crippen LogP contribution in [0.3, 0.4) is 0 Å². The third kappa shape index (κ3) is 3.70. The van der Waals surface area contributed by atoms with Crippen LogP contribution >= 0.6 is 11.8 Å². The van der Waals surface area contributed by atoms with Gasteiger partial charge >= 0.3 is 5.69 Å². The topological polar surface area (TPSA) is 69.4 Å². The number of carbonyl (C=O) groups is 1. The summed E-state index contributed by atoms with van der Waals surface area (Å²) in [7, 11) is 0. The Morgan fingerprint density at radius 1 is 1.53 bits per heavy atom. The molecule has 6 heteroatoms. The molecule has 0 bridgehead atoms. The van der Waals surface area contributed by atoms with Crippen LogP contribution in [-0.2, 0) is 0 Å². The van der Waals surface area contributed by atoms with Gasteiger partial charge in [0.05, 0.1) is 17.1 Å². The summed E-state index contributed by atoms with van der Waals surface area (Å²) in [6.07, 6.45) is 1.92. The summed E-state index contributed by atoms with van der Waals surface area (Å²) in [5.74, 6) is 0.429. The summed E-state index contributed by atoms with van der Waals surface area (Å²) in [5, 5.41) is 11.0. The summed E-state index contributed by atoms with van der Waals surface area (Å²) in [6, 6.07) is 4.44. The van der Waals surface area contributed by atoms with Crippen molar-refractivity contribution in [2.45, 2.75) is 13.8 Å². The number of ketones is 1. The van der Waals surface area contributed by atoms with E-state index in [9.17, 15) is 14.9 Å². The third-order valence-electron chi connectivity index (χ3n) is 2.61. The molecule has 1 aromatic carbocycles. The monoisotopic (exact) mass is 283 g/mol. The van der Waals surface area contributed by atoms with E-state index in [-0.39, 0.29) is 35.3 Å². The van der Waals surface area contributed by atoms with Gasteiger partial charge in [0.1, 0.15) is 0 Å². The summed E-state index contributed by atoms with van der Waals surface area (Å²) >= 11 is 1.57. The van der Waals surface area contributed by atoms with Crippen molar-refractivity contribution in [3.8, 4) is 5.75 Å². The zero-order chi connectivity index (χ0) is 14.4. The second-order valence-electron chi connectivity index (χ2n) is 4.06. The third-order valence-corrected chi connectivity index (χ3v) is 3.44. The molecule has 0 aliphatic rings. The van der Waals surface area contributed by atoms with Crippen LogP contribution in [0.15, 0.2) is 18.2 Å². The Morgan fingerprint density at radius 3 is 2.74 bits per heavy atom. The molecule has 0 spiro atoms. The molecule has 1 unspecified atom stereocenters. The number of hydrogen-bond donors (Lipinski definition) is 0. The van der Waals surface area contributed by atoms with Crippen molar-refractivity contribution in [1.29, 1.82) is 0 Å². The van der Waals surface area contributed by atoms with Gasteiger partial charge in [0.2, 0.25) is 5.75 Å². The molecule has 104 valence electrons. The molecule has 0 saturated carbocycles. The number of carbonyl (C=O) groups excluding carboxylic acids is 1. The van der Waals surface area contributed by atoms with Gasteiger partial charge in [0.15, 0.2) is 5.78 Å². The molecule has 0 saturated heterocycles. The normalized spacial score (nSPS) is 11.9. The van der Waals surface area contributed by atoms with Crippen molar-refractivity contribution in [3.63, 3.8) is 0 Å². The fraction of sp³-hybridized carbons (Fsp3) is 0.462. The average Bonchev–Trinajstić information content (AvgIpc) is 2.38. The lowest BCUT2D eigenvalue weighted by atomic mass is 9.99. The summed E-state index contributed by atoms with van der Waals surface area (Å²) in [5.41, 5.74) is 0.127. The van der Waals surface area contributed by atoms with Gasteiger partial charge in [-0.3, -0.25) is 14.9 Å². The number of nitro benzene ring substituents is 1. The number of nitrogens with zero attached hydrogens (tertiary/aromatic N) is 1. The molecule has 5 nitrogen and oxygen atoms in total. The lowest BCUT2D eigenvalue weighted by molar-refractivity contribution is -0.385. The van der Waals surface area contributed by atoms with Crippen LogP contribution in [0.4, 0.5) is 5.69 Å². The number of para-hydroxylation sites is 1. The second-order valence-corrected chi connectivity index (χ2v) is 4.98. The van der Waals surface area contributed by atoms with E-state index < -0.39 is 4.92 Å². The predicted octanol–water partition coefficient (Wildman–Crippen LogP) is 3.18. The van der Waals surface area contributed by atoms with Crippen molar-refractivity contribution < 1.29 is 14.5 Å². The molecular weight excluding hydrogens is 266 g/mol. The van der Waals surface area contributed by atoms with Crippen LogP contribution in [-0.4, -0.2) is 29.3 Å². The van der Waals surface area contributed by atoms with Crippen molar-refractivity contribution in [2.75, 3.05) is 18.6 Å². The van der Waals surface area contributed by atoms with Crippen LogP contribution in [0.5, 0.6) is 5.75 Å².